The summed E-state index contributed by atoms with van der Waals surface area (Å²) in [7, 11) is 0. The average Bonchev–Trinajstić information content (AvgIpc) is 2.56. The maximum absolute atomic E-state index is 11.8. The van der Waals surface area contributed by atoms with Crippen molar-refractivity contribution in [3.63, 3.8) is 0 Å². The molecule has 24 heavy (non-hydrogen) atoms. The van der Waals surface area contributed by atoms with E-state index in [1.165, 1.54) is 0 Å². The predicted octanol–water partition coefficient (Wildman–Crippen LogP) is 4.58. The lowest BCUT2D eigenvalue weighted by Gasteiger charge is -2.07. The second-order valence-corrected chi connectivity index (χ2v) is 6.43. The third-order valence-corrected chi connectivity index (χ3v) is 3.97. The van der Waals surface area contributed by atoms with Gasteiger partial charge in [0.1, 0.15) is 5.75 Å². The molecule has 0 aliphatic carbocycles. The van der Waals surface area contributed by atoms with Crippen LogP contribution in [-0.2, 0) is 11.2 Å². The molecule has 2 aromatic rings. The van der Waals surface area contributed by atoms with Gasteiger partial charge in [0.05, 0.1) is 23.7 Å². The molecule has 6 heteroatoms. The first-order valence-corrected chi connectivity index (χ1v) is 8.74. The molecular weight excluding hydrogens is 392 g/mol. The summed E-state index contributed by atoms with van der Waals surface area (Å²) in [5.41, 5.74) is 4.25. The van der Waals surface area contributed by atoms with Crippen molar-refractivity contribution in [1.29, 1.82) is 0 Å². The second-order valence-electron chi connectivity index (χ2n) is 5.13. The van der Waals surface area contributed by atoms with E-state index in [0.29, 0.717) is 11.6 Å². The van der Waals surface area contributed by atoms with Crippen molar-refractivity contribution in [2.45, 2.75) is 19.8 Å². The van der Waals surface area contributed by atoms with Crippen LogP contribution in [-0.4, -0.2) is 18.7 Å². The largest absolute Gasteiger partial charge is 0.492 e. The normalized spacial score (nSPS) is 10.8. The first-order chi connectivity index (χ1) is 11.6. The molecule has 0 radical (unpaired) electrons. The van der Waals surface area contributed by atoms with Crippen LogP contribution in [0.1, 0.15) is 24.5 Å². The van der Waals surface area contributed by atoms with Gasteiger partial charge in [0.15, 0.2) is 0 Å². The van der Waals surface area contributed by atoms with Crippen LogP contribution >= 0.6 is 27.5 Å². The quantitative estimate of drug-likeness (QED) is 0.537. The first-order valence-electron chi connectivity index (χ1n) is 7.57. The van der Waals surface area contributed by atoms with Gasteiger partial charge in [0.25, 0.3) is 0 Å². The van der Waals surface area contributed by atoms with Crippen LogP contribution in [0.25, 0.3) is 0 Å². The zero-order valence-electron chi connectivity index (χ0n) is 13.3. The van der Waals surface area contributed by atoms with Gasteiger partial charge in [-0.3, -0.25) is 4.79 Å². The minimum Gasteiger partial charge on any atom is -0.492 e. The molecular formula is C18H18BrClN2O2. The van der Waals surface area contributed by atoms with Crippen LogP contribution in [0.3, 0.4) is 0 Å². The number of rotatable bonds is 7. The molecule has 1 amide bonds. The van der Waals surface area contributed by atoms with Gasteiger partial charge in [-0.05, 0) is 63.8 Å². The number of halogens is 2. The Morgan fingerprint density at radius 1 is 1.29 bits per heavy atom. The highest BCUT2D eigenvalue weighted by Gasteiger charge is 2.03. The molecule has 0 aliphatic heterocycles. The molecule has 4 nitrogen and oxygen atoms in total. The Hall–Kier alpha value is -1.85. The maximum atomic E-state index is 11.8. The van der Waals surface area contributed by atoms with Crippen LogP contribution < -0.4 is 10.2 Å². The number of ether oxygens (including phenoxy) is 1. The number of nitrogens with one attached hydrogen (secondary N) is 1. The van der Waals surface area contributed by atoms with E-state index in [4.69, 9.17) is 16.3 Å². The van der Waals surface area contributed by atoms with Crippen molar-refractivity contribution in [3.05, 3.63) is 63.1 Å². The van der Waals surface area contributed by atoms with E-state index in [9.17, 15) is 4.79 Å². The molecule has 0 spiro atoms. The van der Waals surface area contributed by atoms with Gasteiger partial charge in [-0.25, -0.2) is 5.43 Å². The van der Waals surface area contributed by atoms with Crippen molar-refractivity contribution < 1.29 is 9.53 Å². The maximum Gasteiger partial charge on any atom is 0.244 e. The van der Waals surface area contributed by atoms with Crippen LogP contribution in [0, 0.1) is 0 Å². The van der Waals surface area contributed by atoms with Gasteiger partial charge < -0.3 is 4.74 Å². The van der Waals surface area contributed by atoms with Crippen LogP contribution in [0.5, 0.6) is 5.75 Å². The van der Waals surface area contributed by atoms with E-state index in [2.05, 4.69) is 33.4 Å². The van der Waals surface area contributed by atoms with Crippen molar-refractivity contribution in [2.24, 2.45) is 5.10 Å². The predicted molar refractivity (Wildman–Crippen MR) is 101 cm³/mol. The Bertz CT molecular complexity index is 717. The number of amides is 1. The van der Waals surface area contributed by atoms with E-state index >= 15 is 0 Å². The first kappa shape index (κ1) is 18.5. The lowest BCUT2D eigenvalue weighted by Crippen LogP contribution is -2.19. The zero-order chi connectivity index (χ0) is 17.4. The summed E-state index contributed by atoms with van der Waals surface area (Å²) in [6.45, 7) is 2.73. The summed E-state index contributed by atoms with van der Waals surface area (Å²) < 4.78 is 6.44. The highest BCUT2D eigenvalue weighted by Crippen LogP contribution is 2.25. The molecule has 2 aromatic carbocycles. The Balaban J connectivity index is 1.87. The number of carbonyl (C=O) groups excluding carboxylic acids is 1. The van der Waals surface area contributed by atoms with Gasteiger partial charge in [0, 0.05) is 5.02 Å². The second kappa shape index (κ2) is 9.45. The van der Waals surface area contributed by atoms with Crippen LogP contribution in [0.15, 0.2) is 52.0 Å². The minimum absolute atomic E-state index is 0.185. The van der Waals surface area contributed by atoms with E-state index in [1.54, 1.807) is 18.3 Å². The summed E-state index contributed by atoms with van der Waals surface area (Å²) in [4.78, 5) is 11.8. The van der Waals surface area contributed by atoms with Crippen LogP contribution in [0.4, 0.5) is 0 Å². The SMILES string of the molecule is CCCOc1ccc(/C=N\NC(=O)Cc2ccc(Cl)cc2)cc1Br. The molecule has 0 unspecified atom stereocenters. The molecule has 0 saturated carbocycles. The van der Waals surface area contributed by atoms with E-state index in [1.807, 2.05) is 30.3 Å². The number of hydrogen-bond donors (Lipinski definition) is 1. The van der Waals surface area contributed by atoms with E-state index < -0.39 is 0 Å². The molecule has 0 aromatic heterocycles. The Morgan fingerprint density at radius 2 is 2.04 bits per heavy atom. The molecule has 1 N–H and O–H groups in total. The molecule has 2 rings (SSSR count). The summed E-state index contributed by atoms with van der Waals surface area (Å²) >= 11 is 9.28. The Kier molecular flexibility index (Phi) is 7.28. The fourth-order valence-corrected chi connectivity index (χ4v) is 2.57. The Labute approximate surface area is 155 Å². The average molecular weight is 410 g/mol. The number of carbonyl (C=O) groups is 1. The van der Waals surface area contributed by atoms with Gasteiger partial charge in [-0.1, -0.05) is 30.7 Å². The number of hydrogen-bond acceptors (Lipinski definition) is 3. The molecule has 0 saturated heterocycles. The van der Waals surface area contributed by atoms with Crippen LogP contribution in [0.2, 0.25) is 5.02 Å². The molecule has 0 bridgehead atoms. The van der Waals surface area contributed by atoms with Gasteiger partial charge >= 0.3 is 0 Å². The molecule has 0 atom stereocenters. The number of benzene rings is 2. The van der Waals surface area contributed by atoms with Crippen molar-refractivity contribution in [1.82, 2.24) is 5.43 Å². The molecule has 0 fully saturated rings. The van der Waals surface area contributed by atoms with Gasteiger partial charge in [-0.15, -0.1) is 0 Å². The third-order valence-electron chi connectivity index (χ3n) is 3.10. The summed E-state index contributed by atoms with van der Waals surface area (Å²) in [5.74, 6) is 0.608. The monoisotopic (exact) mass is 408 g/mol. The summed E-state index contributed by atoms with van der Waals surface area (Å²) in [6.07, 6.45) is 2.80. The van der Waals surface area contributed by atoms with Gasteiger partial charge in [-0.2, -0.15) is 5.10 Å². The zero-order valence-corrected chi connectivity index (χ0v) is 15.6. The van der Waals surface area contributed by atoms with Crippen molar-refractivity contribution in [3.8, 4) is 5.75 Å². The fourth-order valence-electron chi connectivity index (χ4n) is 1.93. The molecule has 0 heterocycles. The highest BCUT2D eigenvalue weighted by molar-refractivity contribution is 9.10. The lowest BCUT2D eigenvalue weighted by atomic mass is 10.1. The third kappa shape index (κ3) is 5.98. The number of hydrazone groups is 1. The topological polar surface area (TPSA) is 50.7 Å². The van der Waals surface area contributed by atoms with Gasteiger partial charge in [0.2, 0.25) is 5.91 Å². The Morgan fingerprint density at radius 3 is 2.71 bits per heavy atom. The summed E-state index contributed by atoms with van der Waals surface area (Å²) in [6, 6.07) is 12.8. The summed E-state index contributed by atoms with van der Waals surface area (Å²) in [5, 5.41) is 4.62. The van der Waals surface area contributed by atoms with Crippen molar-refractivity contribution >= 4 is 39.7 Å². The highest BCUT2D eigenvalue weighted by atomic mass is 79.9. The van der Waals surface area contributed by atoms with Crippen molar-refractivity contribution in [2.75, 3.05) is 6.61 Å². The van der Waals surface area contributed by atoms with E-state index in [0.717, 1.165) is 27.8 Å². The molecule has 0 aliphatic rings. The fraction of sp³-hybridized carbons (Fsp3) is 0.222. The van der Waals surface area contributed by atoms with E-state index in [-0.39, 0.29) is 12.3 Å². The minimum atomic E-state index is -0.185. The lowest BCUT2D eigenvalue weighted by molar-refractivity contribution is -0.120. The smallest absolute Gasteiger partial charge is 0.244 e. The number of nitrogens with zero attached hydrogens (tertiary/aromatic N) is 1. The standard InChI is InChI=1S/C18H18BrClN2O2/c1-2-9-24-17-8-5-14(10-16(17)19)12-21-22-18(23)11-13-3-6-15(20)7-4-13/h3-8,10,12H,2,9,11H2,1H3,(H,22,23)/b21-12-. The molecule has 126 valence electrons.